The highest BCUT2D eigenvalue weighted by Crippen LogP contribution is 2.23. The fourth-order valence-electron chi connectivity index (χ4n) is 1.98. The smallest absolute Gasteiger partial charge is 0.193 e. The topological polar surface area (TPSA) is 17.1 Å². The van der Waals surface area contributed by atoms with Crippen LogP contribution in [-0.4, -0.2) is 5.78 Å². The van der Waals surface area contributed by atoms with Crippen molar-refractivity contribution >= 4 is 16.9 Å². The first-order chi connectivity index (χ1) is 9.24. The third-order valence-electron chi connectivity index (χ3n) is 3.01. The van der Waals surface area contributed by atoms with E-state index in [-0.39, 0.29) is 5.78 Å². The van der Waals surface area contributed by atoms with Crippen LogP contribution < -0.4 is 0 Å². The van der Waals surface area contributed by atoms with Crippen LogP contribution in [0.15, 0.2) is 73.3 Å². The van der Waals surface area contributed by atoms with Crippen LogP contribution in [0.2, 0.25) is 0 Å². The molecular weight excluding hydrogens is 232 g/mol. The van der Waals surface area contributed by atoms with Gasteiger partial charge in [-0.05, 0) is 18.1 Å². The van der Waals surface area contributed by atoms with Crippen LogP contribution in [0.5, 0.6) is 0 Å². The van der Waals surface area contributed by atoms with Crippen molar-refractivity contribution in [2.24, 2.45) is 0 Å². The van der Waals surface area contributed by atoms with Crippen LogP contribution in [-0.2, 0) is 4.79 Å². The lowest BCUT2D eigenvalue weighted by Crippen LogP contribution is -2.04. The maximum atomic E-state index is 12.5. The third-order valence-corrected chi connectivity index (χ3v) is 3.01. The van der Waals surface area contributed by atoms with Gasteiger partial charge >= 0.3 is 0 Å². The van der Waals surface area contributed by atoms with Crippen molar-refractivity contribution in [3.05, 3.63) is 84.4 Å². The zero-order chi connectivity index (χ0) is 13.7. The fraction of sp³-hybridized carbons (Fsp3) is 0.0556. The number of hydrogen-bond acceptors (Lipinski definition) is 1. The van der Waals surface area contributed by atoms with E-state index in [4.69, 9.17) is 0 Å². The Balaban J connectivity index is 2.31. The lowest BCUT2D eigenvalue weighted by molar-refractivity contribution is -0.108. The van der Waals surface area contributed by atoms with Crippen molar-refractivity contribution in [2.45, 2.75) is 6.92 Å². The second kappa shape index (κ2) is 5.96. The van der Waals surface area contributed by atoms with Gasteiger partial charge < -0.3 is 0 Å². The van der Waals surface area contributed by atoms with E-state index in [2.05, 4.69) is 6.58 Å². The van der Waals surface area contributed by atoms with Crippen molar-refractivity contribution < 1.29 is 4.79 Å². The predicted octanol–water partition coefficient (Wildman–Crippen LogP) is 4.37. The van der Waals surface area contributed by atoms with Gasteiger partial charge in [0.05, 0.1) is 0 Å². The average Bonchev–Trinajstić information content (AvgIpc) is 2.49. The van der Waals surface area contributed by atoms with Crippen molar-refractivity contribution in [1.82, 2.24) is 0 Å². The fourth-order valence-corrected chi connectivity index (χ4v) is 1.98. The number of ketones is 1. The van der Waals surface area contributed by atoms with E-state index in [1.54, 1.807) is 0 Å². The van der Waals surface area contributed by atoms with Crippen LogP contribution in [0.3, 0.4) is 0 Å². The molecule has 2 aromatic carbocycles. The Morgan fingerprint density at radius 2 is 1.37 bits per heavy atom. The normalized spacial score (nSPS) is 11.1. The maximum Gasteiger partial charge on any atom is 0.193 e. The summed E-state index contributed by atoms with van der Waals surface area (Å²) in [6.45, 7) is 5.80. The van der Waals surface area contributed by atoms with Crippen molar-refractivity contribution in [1.29, 1.82) is 0 Å². The molecule has 0 aliphatic heterocycles. The van der Waals surface area contributed by atoms with Gasteiger partial charge in [0.2, 0.25) is 0 Å². The first-order valence-electron chi connectivity index (χ1n) is 6.25. The number of carbonyl (C=O) groups is 1. The summed E-state index contributed by atoms with van der Waals surface area (Å²) in [6.07, 6.45) is 1.84. The Morgan fingerprint density at radius 1 is 0.895 bits per heavy atom. The highest BCUT2D eigenvalue weighted by Gasteiger charge is 2.15. The van der Waals surface area contributed by atoms with Gasteiger partial charge in [-0.1, -0.05) is 73.3 Å². The SMILES string of the molecule is C=C(C(=O)/C(=C/C)c1ccccc1)c1ccccc1. The molecule has 2 aromatic rings. The molecule has 0 atom stereocenters. The van der Waals surface area contributed by atoms with E-state index in [1.807, 2.05) is 73.7 Å². The van der Waals surface area contributed by atoms with Crippen LogP contribution in [0, 0.1) is 0 Å². The molecule has 0 spiro atoms. The highest BCUT2D eigenvalue weighted by molar-refractivity contribution is 6.41. The van der Waals surface area contributed by atoms with Crippen LogP contribution in [0.25, 0.3) is 11.1 Å². The molecule has 0 saturated heterocycles. The number of Topliss-reactive ketones (excluding diaryl/α,β-unsaturated/α-hetero) is 1. The largest absolute Gasteiger partial charge is 0.289 e. The third kappa shape index (κ3) is 2.89. The molecule has 0 aromatic heterocycles. The lowest BCUT2D eigenvalue weighted by Gasteiger charge is -2.09. The second-order valence-electron chi connectivity index (χ2n) is 4.24. The average molecular weight is 248 g/mol. The summed E-state index contributed by atoms with van der Waals surface area (Å²) in [7, 11) is 0. The summed E-state index contributed by atoms with van der Waals surface area (Å²) < 4.78 is 0. The van der Waals surface area contributed by atoms with Gasteiger partial charge in [0, 0.05) is 11.1 Å². The standard InChI is InChI=1S/C18H16O/c1-3-17(16-12-8-5-9-13-16)18(19)14(2)15-10-6-4-7-11-15/h3-13H,2H2,1H3/b17-3+. The van der Waals surface area contributed by atoms with Crippen LogP contribution in [0.4, 0.5) is 0 Å². The van der Waals surface area contributed by atoms with Crippen LogP contribution >= 0.6 is 0 Å². The number of carbonyl (C=O) groups excluding carboxylic acids is 1. The monoisotopic (exact) mass is 248 g/mol. The van der Waals surface area contributed by atoms with Gasteiger partial charge in [0.25, 0.3) is 0 Å². The first kappa shape index (κ1) is 13.0. The molecular formula is C18H16O. The van der Waals surface area contributed by atoms with E-state index in [0.717, 1.165) is 11.1 Å². The second-order valence-corrected chi connectivity index (χ2v) is 4.24. The van der Waals surface area contributed by atoms with E-state index < -0.39 is 0 Å². The Hall–Kier alpha value is -2.41. The molecule has 0 fully saturated rings. The minimum Gasteiger partial charge on any atom is -0.289 e. The first-order valence-corrected chi connectivity index (χ1v) is 6.25. The zero-order valence-electron chi connectivity index (χ0n) is 11.0. The van der Waals surface area contributed by atoms with Gasteiger partial charge in [-0.15, -0.1) is 0 Å². The summed E-state index contributed by atoms with van der Waals surface area (Å²) in [5.74, 6) is -0.0279. The van der Waals surface area contributed by atoms with Gasteiger partial charge in [-0.25, -0.2) is 0 Å². The molecule has 0 unspecified atom stereocenters. The summed E-state index contributed by atoms with van der Waals surface area (Å²) >= 11 is 0. The van der Waals surface area contributed by atoms with E-state index in [1.165, 1.54) is 0 Å². The Morgan fingerprint density at radius 3 is 1.84 bits per heavy atom. The number of allylic oxidation sites excluding steroid dienone is 3. The number of hydrogen-bond donors (Lipinski definition) is 0. The Kier molecular flexibility index (Phi) is 4.09. The molecule has 0 aliphatic carbocycles. The molecule has 0 heterocycles. The van der Waals surface area contributed by atoms with Gasteiger partial charge in [0.1, 0.15) is 0 Å². The summed E-state index contributed by atoms with van der Waals surface area (Å²) in [5, 5.41) is 0. The number of benzene rings is 2. The molecule has 1 heteroatoms. The summed E-state index contributed by atoms with van der Waals surface area (Å²) in [6, 6.07) is 19.2. The molecule has 0 N–H and O–H groups in total. The Bertz CT molecular complexity index is 607. The Labute approximate surface area is 113 Å². The highest BCUT2D eigenvalue weighted by atomic mass is 16.1. The van der Waals surface area contributed by atoms with Crippen LogP contribution in [0.1, 0.15) is 18.1 Å². The van der Waals surface area contributed by atoms with E-state index >= 15 is 0 Å². The molecule has 0 saturated carbocycles. The molecule has 0 aliphatic rings. The zero-order valence-corrected chi connectivity index (χ0v) is 11.0. The molecule has 1 nitrogen and oxygen atoms in total. The predicted molar refractivity (Wildman–Crippen MR) is 80.6 cm³/mol. The molecule has 94 valence electrons. The maximum absolute atomic E-state index is 12.5. The summed E-state index contributed by atoms with van der Waals surface area (Å²) in [5.41, 5.74) is 3.00. The van der Waals surface area contributed by atoms with Gasteiger partial charge in [-0.2, -0.15) is 0 Å². The summed E-state index contributed by atoms with van der Waals surface area (Å²) in [4.78, 5) is 12.5. The molecule has 0 radical (unpaired) electrons. The van der Waals surface area contributed by atoms with Gasteiger partial charge in [-0.3, -0.25) is 4.79 Å². The molecule has 2 rings (SSSR count). The minimum atomic E-state index is -0.0279. The molecule has 19 heavy (non-hydrogen) atoms. The van der Waals surface area contributed by atoms with E-state index in [9.17, 15) is 4.79 Å². The molecule has 0 amide bonds. The van der Waals surface area contributed by atoms with E-state index in [0.29, 0.717) is 11.1 Å². The van der Waals surface area contributed by atoms with Crippen molar-refractivity contribution in [3.63, 3.8) is 0 Å². The van der Waals surface area contributed by atoms with Crippen molar-refractivity contribution in [3.8, 4) is 0 Å². The minimum absolute atomic E-state index is 0.0279. The van der Waals surface area contributed by atoms with Gasteiger partial charge in [0.15, 0.2) is 5.78 Å². The quantitative estimate of drug-likeness (QED) is 0.734. The number of rotatable bonds is 4. The lowest BCUT2D eigenvalue weighted by atomic mass is 9.93. The van der Waals surface area contributed by atoms with Crippen molar-refractivity contribution in [2.75, 3.05) is 0 Å². The molecule has 0 bridgehead atoms.